The van der Waals surface area contributed by atoms with Crippen molar-refractivity contribution in [3.8, 4) is 0 Å². The average Bonchev–Trinajstić information content (AvgIpc) is 3.00. The molecular formula is C32H42N8O2. The molecule has 3 aromatic rings. The van der Waals surface area contributed by atoms with Crippen molar-refractivity contribution in [3.05, 3.63) is 76.6 Å². The molecule has 42 heavy (non-hydrogen) atoms. The minimum Gasteiger partial charge on any atom is -0.398 e. The molecule has 222 valence electrons. The predicted octanol–water partition coefficient (Wildman–Crippen LogP) is 4.23. The normalized spacial score (nSPS) is 13.5. The Labute approximate surface area is 247 Å². The molecule has 0 aliphatic heterocycles. The number of pyridine rings is 2. The van der Waals surface area contributed by atoms with Crippen LogP contribution in [-0.4, -0.2) is 46.6 Å². The van der Waals surface area contributed by atoms with Crippen molar-refractivity contribution in [2.75, 3.05) is 29.9 Å². The van der Waals surface area contributed by atoms with Gasteiger partial charge in [0, 0.05) is 35.2 Å². The van der Waals surface area contributed by atoms with Crippen molar-refractivity contribution in [2.45, 2.75) is 70.8 Å². The van der Waals surface area contributed by atoms with Gasteiger partial charge in [-0.2, -0.15) is 0 Å². The number of carbonyl (C=O) groups excluding carboxylic acids is 2. The molecule has 1 aliphatic carbocycles. The van der Waals surface area contributed by atoms with Crippen molar-refractivity contribution >= 4 is 34.8 Å². The van der Waals surface area contributed by atoms with Gasteiger partial charge in [-0.25, -0.2) is 9.97 Å². The Hall–Kier alpha value is -4.31. The molecule has 4 rings (SSSR count). The van der Waals surface area contributed by atoms with E-state index in [-0.39, 0.29) is 23.3 Å². The van der Waals surface area contributed by atoms with Gasteiger partial charge in [-0.15, -0.1) is 0 Å². The fourth-order valence-electron chi connectivity index (χ4n) is 5.22. The molecule has 10 heteroatoms. The molecule has 0 bridgehead atoms. The van der Waals surface area contributed by atoms with Crippen LogP contribution in [0.5, 0.6) is 0 Å². The van der Waals surface area contributed by atoms with Crippen LogP contribution < -0.4 is 27.4 Å². The number of amides is 2. The highest BCUT2D eigenvalue weighted by molar-refractivity contribution is 6.17. The second kappa shape index (κ2) is 15.1. The SMILES string of the molecule is CCc1ccnc(NC(=O)c2ccc(C(=N)c3c(N)ncc(CCCCNCC(=O)NC4CCCCC4)c3N)cc2)c1. The highest BCUT2D eigenvalue weighted by atomic mass is 16.2. The second-order valence-electron chi connectivity index (χ2n) is 10.8. The quantitative estimate of drug-likeness (QED) is 0.132. The summed E-state index contributed by atoms with van der Waals surface area (Å²) in [7, 11) is 0. The first-order chi connectivity index (χ1) is 20.4. The topological polar surface area (TPSA) is 172 Å². The third-order valence-electron chi connectivity index (χ3n) is 7.70. The smallest absolute Gasteiger partial charge is 0.256 e. The van der Waals surface area contributed by atoms with Gasteiger partial charge >= 0.3 is 0 Å². The van der Waals surface area contributed by atoms with Gasteiger partial charge in [-0.05, 0) is 80.5 Å². The first-order valence-electron chi connectivity index (χ1n) is 14.8. The summed E-state index contributed by atoms with van der Waals surface area (Å²) in [6, 6.07) is 10.8. The van der Waals surface area contributed by atoms with E-state index in [2.05, 4.69) is 25.9 Å². The molecule has 2 heterocycles. The molecule has 0 spiro atoms. The maximum absolute atomic E-state index is 12.7. The molecule has 1 aliphatic rings. The maximum atomic E-state index is 12.7. The van der Waals surface area contributed by atoms with Crippen LogP contribution >= 0.6 is 0 Å². The lowest BCUT2D eigenvalue weighted by molar-refractivity contribution is -0.121. The van der Waals surface area contributed by atoms with Crippen LogP contribution in [0.3, 0.4) is 0 Å². The molecule has 0 unspecified atom stereocenters. The number of aromatic nitrogens is 2. The third kappa shape index (κ3) is 8.36. The number of hydrogen-bond donors (Lipinski definition) is 6. The molecule has 1 fully saturated rings. The van der Waals surface area contributed by atoms with E-state index in [9.17, 15) is 9.59 Å². The van der Waals surface area contributed by atoms with Gasteiger partial charge in [0.1, 0.15) is 11.6 Å². The monoisotopic (exact) mass is 570 g/mol. The highest BCUT2D eigenvalue weighted by Gasteiger charge is 2.18. The van der Waals surface area contributed by atoms with Crippen LogP contribution in [0.15, 0.2) is 48.8 Å². The van der Waals surface area contributed by atoms with Gasteiger partial charge in [0.2, 0.25) is 5.91 Å². The zero-order valence-electron chi connectivity index (χ0n) is 24.3. The Morgan fingerprint density at radius 3 is 2.48 bits per heavy atom. The fraction of sp³-hybridized carbons (Fsp3) is 0.406. The van der Waals surface area contributed by atoms with E-state index in [4.69, 9.17) is 16.9 Å². The minimum absolute atomic E-state index is 0.0597. The summed E-state index contributed by atoms with van der Waals surface area (Å²) < 4.78 is 0. The van der Waals surface area contributed by atoms with Crippen LogP contribution in [0.1, 0.15) is 84.5 Å². The summed E-state index contributed by atoms with van der Waals surface area (Å²) in [5.74, 6) is 0.464. The van der Waals surface area contributed by atoms with Gasteiger partial charge in [-0.1, -0.05) is 38.3 Å². The average molecular weight is 571 g/mol. The number of nitrogens with zero attached hydrogens (tertiary/aromatic N) is 2. The van der Waals surface area contributed by atoms with Gasteiger partial charge in [0.15, 0.2) is 0 Å². The second-order valence-corrected chi connectivity index (χ2v) is 10.8. The fourth-order valence-corrected chi connectivity index (χ4v) is 5.22. The van der Waals surface area contributed by atoms with Crippen LogP contribution in [0, 0.1) is 5.41 Å². The van der Waals surface area contributed by atoms with Gasteiger partial charge < -0.3 is 27.4 Å². The van der Waals surface area contributed by atoms with Crippen molar-refractivity contribution in [2.24, 2.45) is 0 Å². The number of rotatable bonds is 13. The first kappa shape index (κ1) is 30.6. The lowest BCUT2D eigenvalue weighted by atomic mass is 9.95. The van der Waals surface area contributed by atoms with Crippen molar-refractivity contribution in [1.29, 1.82) is 5.41 Å². The Morgan fingerprint density at radius 2 is 1.74 bits per heavy atom. The van der Waals surface area contributed by atoms with Crippen LogP contribution in [0.4, 0.5) is 17.3 Å². The molecule has 8 N–H and O–H groups in total. The summed E-state index contributed by atoms with van der Waals surface area (Å²) in [5, 5.41) is 18.0. The number of carbonyl (C=O) groups is 2. The van der Waals surface area contributed by atoms with Crippen LogP contribution in [0.2, 0.25) is 0 Å². The van der Waals surface area contributed by atoms with Crippen molar-refractivity contribution < 1.29 is 9.59 Å². The number of anilines is 3. The standard InChI is InChI=1S/C32H42N8O2/c1-2-21-15-17-37-26(18-21)40-32(42)23-13-11-22(12-14-23)29(33)28-30(34)24(19-38-31(28)35)8-6-7-16-36-20-27(41)39-25-9-4-3-5-10-25/h11-15,17-19,25,33,36H,2-10,16,20H2,1H3,(H,39,41)(H4,34,35,38)(H,37,40,42). The highest BCUT2D eigenvalue weighted by Crippen LogP contribution is 2.26. The number of aryl methyl sites for hydroxylation is 2. The summed E-state index contributed by atoms with van der Waals surface area (Å²) in [6.45, 7) is 3.09. The van der Waals surface area contributed by atoms with E-state index < -0.39 is 0 Å². The zero-order valence-corrected chi connectivity index (χ0v) is 24.3. The zero-order chi connectivity index (χ0) is 29.9. The molecule has 1 aromatic carbocycles. The lowest BCUT2D eigenvalue weighted by Crippen LogP contribution is -2.41. The van der Waals surface area contributed by atoms with E-state index in [0.717, 1.165) is 49.8 Å². The predicted molar refractivity (Wildman–Crippen MR) is 168 cm³/mol. The number of nitrogen functional groups attached to an aromatic ring is 2. The van der Waals surface area contributed by atoms with E-state index in [1.54, 1.807) is 36.7 Å². The van der Waals surface area contributed by atoms with Crippen molar-refractivity contribution in [3.63, 3.8) is 0 Å². The minimum atomic E-state index is -0.282. The number of unbranched alkanes of at least 4 members (excludes halogenated alkanes) is 1. The Bertz CT molecular complexity index is 1380. The lowest BCUT2D eigenvalue weighted by Gasteiger charge is -2.22. The Balaban J connectivity index is 1.28. The van der Waals surface area contributed by atoms with Crippen LogP contribution in [0.25, 0.3) is 0 Å². The van der Waals surface area contributed by atoms with Gasteiger partial charge in [0.05, 0.1) is 17.8 Å². The molecule has 0 radical (unpaired) electrons. The number of benzene rings is 1. The van der Waals surface area contributed by atoms with Crippen molar-refractivity contribution in [1.82, 2.24) is 20.6 Å². The van der Waals surface area contributed by atoms with E-state index in [1.807, 2.05) is 19.1 Å². The summed E-state index contributed by atoms with van der Waals surface area (Å²) in [6.07, 6.45) is 12.4. The summed E-state index contributed by atoms with van der Waals surface area (Å²) in [5.41, 5.74) is 16.6. The molecule has 2 amide bonds. The van der Waals surface area contributed by atoms with Gasteiger partial charge in [0.25, 0.3) is 5.91 Å². The molecule has 0 atom stereocenters. The van der Waals surface area contributed by atoms with E-state index >= 15 is 0 Å². The third-order valence-corrected chi connectivity index (χ3v) is 7.70. The molecule has 1 saturated carbocycles. The molecule has 0 saturated heterocycles. The maximum Gasteiger partial charge on any atom is 0.256 e. The Morgan fingerprint density at radius 1 is 1.00 bits per heavy atom. The Kier molecular flexibility index (Phi) is 11.0. The number of hydrogen-bond acceptors (Lipinski definition) is 8. The number of nitrogens with two attached hydrogens (primary N) is 2. The summed E-state index contributed by atoms with van der Waals surface area (Å²) in [4.78, 5) is 33.4. The van der Waals surface area contributed by atoms with Gasteiger partial charge in [-0.3, -0.25) is 15.0 Å². The van der Waals surface area contributed by atoms with E-state index in [1.165, 1.54) is 19.3 Å². The summed E-state index contributed by atoms with van der Waals surface area (Å²) >= 11 is 0. The van der Waals surface area contributed by atoms with E-state index in [0.29, 0.717) is 47.2 Å². The largest absolute Gasteiger partial charge is 0.398 e. The molecule has 10 nitrogen and oxygen atoms in total. The first-order valence-corrected chi connectivity index (χ1v) is 14.8. The number of nitrogens with one attached hydrogen (secondary N) is 4. The molecule has 2 aromatic heterocycles. The molecular weight excluding hydrogens is 528 g/mol. The van der Waals surface area contributed by atoms with Crippen LogP contribution in [-0.2, 0) is 17.6 Å².